The van der Waals surface area contributed by atoms with Crippen molar-refractivity contribution in [3.05, 3.63) is 0 Å². The van der Waals surface area contributed by atoms with Crippen LogP contribution in [0.15, 0.2) is 4.99 Å². The first-order valence-corrected chi connectivity index (χ1v) is 9.17. The van der Waals surface area contributed by atoms with Crippen LogP contribution in [0.5, 0.6) is 0 Å². The van der Waals surface area contributed by atoms with Crippen LogP contribution in [0.4, 0.5) is 0 Å². The second kappa shape index (κ2) is 9.36. The number of guanidine groups is 1. The third kappa shape index (κ3) is 5.13. The maximum Gasteiger partial charge on any atom is 0.191 e. The highest BCUT2D eigenvalue weighted by atomic mass is 15.2. The molecule has 0 aromatic rings. The maximum atomic E-state index is 4.36. The standard InChI is InChI=1S/C17H35N5/c1-4-21-12-7-9-16(21)14-20-17(18-3)19-10-13-22-11-6-5-8-15(22)2/h15-16H,4-14H2,1-3H3,(H2,18,19,20). The fourth-order valence-corrected chi connectivity index (χ4v) is 3.79. The Morgan fingerprint density at radius 3 is 2.64 bits per heavy atom. The van der Waals surface area contributed by atoms with Gasteiger partial charge in [0.1, 0.15) is 0 Å². The molecule has 0 aromatic heterocycles. The highest BCUT2D eigenvalue weighted by molar-refractivity contribution is 5.79. The summed E-state index contributed by atoms with van der Waals surface area (Å²) in [5, 5.41) is 6.98. The van der Waals surface area contributed by atoms with Crippen LogP contribution in [0.3, 0.4) is 0 Å². The summed E-state index contributed by atoms with van der Waals surface area (Å²) in [6.45, 7) is 11.4. The number of rotatable bonds is 6. The number of aliphatic imine (C=N–C) groups is 1. The molecule has 0 saturated carbocycles. The fourth-order valence-electron chi connectivity index (χ4n) is 3.79. The predicted molar refractivity (Wildman–Crippen MR) is 94.5 cm³/mol. The van der Waals surface area contributed by atoms with Crippen LogP contribution in [0.2, 0.25) is 0 Å². The molecule has 2 fully saturated rings. The van der Waals surface area contributed by atoms with Gasteiger partial charge < -0.3 is 10.6 Å². The van der Waals surface area contributed by atoms with E-state index in [9.17, 15) is 0 Å². The van der Waals surface area contributed by atoms with Gasteiger partial charge in [-0.2, -0.15) is 0 Å². The summed E-state index contributed by atoms with van der Waals surface area (Å²) in [4.78, 5) is 9.52. The van der Waals surface area contributed by atoms with Crippen molar-refractivity contribution >= 4 is 5.96 Å². The molecule has 0 aliphatic carbocycles. The molecule has 2 unspecified atom stereocenters. The number of piperidine rings is 1. The van der Waals surface area contributed by atoms with Gasteiger partial charge in [-0.3, -0.25) is 14.8 Å². The number of likely N-dealkylation sites (tertiary alicyclic amines) is 2. The van der Waals surface area contributed by atoms with Crippen molar-refractivity contribution in [1.82, 2.24) is 20.4 Å². The average molecular weight is 310 g/mol. The molecule has 2 rings (SSSR count). The molecule has 2 saturated heterocycles. The van der Waals surface area contributed by atoms with Crippen molar-refractivity contribution in [2.75, 3.05) is 46.3 Å². The Morgan fingerprint density at radius 1 is 1.09 bits per heavy atom. The summed E-state index contributed by atoms with van der Waals surface area (Å²) in [5.41, 5.74) is 0. The zero-order valence-electron chi connectivity index (χ0n) is 14.8. The van der Waals surface area contributed by atoms with E-state index in [0.717, 1.165) is 38.2 Å². The number of hydrogen-bond acceptors (Lipinski definition) is 3. The summed E-state index contributed by atoms with van der Waals surface area (Å²) < 4.78 is 0. The fraction of sp³-hybridized carbons (Fsp3) is 0.941. The minimum absolute atomic E-state index is 0.672. The van der Waals surface area contributed by atoms with E-state index in [0.29, 0.717) is 6.04 Å². The minimum Gasteiger partial charge on any atom is -0.355 e. The first-order valence-electron chi connectivity index (χ1n) is 9.17. The second-order valence-corrected chi connectivity index (χ2v) is 6.69. The minimum atomic E-state index is 0.672. The number of nitrogens with zero attached hydrogens (tertiary/aromatic N) is 3. The molecule has 5 nitrogen and oxygen atoms in total. The molecule has 22 heavy (non-hydrogen) atoms. The number of hydrogen-bond donors (Lipinski definition) is 2. The third-order valence-electron chi connectivity index (χ3n) is 5.27. The van der Waals surface area contributed by atoms with Gasteiger partial charge in [-0.25, -0.2) is 0 Å². The van der Waals surface area contributed by atoms with Gasteiger partial charge in [-0.15, -0.1) is 0 Å². The van der Waals surface area contributed by atoms with Gasteiger partial charge in [-0.1, -0.05) is 13.3 Å². The molecule has 0 amide bonds. The van der Waals surface area contributed by atoms with Crippen molar-refractivity contribution in [3.8, 4) is 0 Å². The average Bonchev–Trinajstić information content (AvgIpc) is 3.00. The van der Waals surface area contributed by atoms with Crippen LogP contribution in [0, 0.1) is 0 Å². The summed E-state index contributed by atoms with van der Waals surface area (Å²) >= 11 is 0. The Hall–Kier alpha value is -0.810. The topological polar surface area (TPSA) is 42.9 Å². The molecule has 2 aliphatic rings. The maximum absolute atomic E-state index is 4.36. The third-order valence-corrected chi connectivity index (χ3v) is 5.27. The van der Waals surface area contributed by atoms with E-state index in [1.807, 2.05) is 7.05 Å². The molecule has 0 bridgehead atoms. The summed E-state index contributed by atoms with van der Waals surface area (Å²) in [7, 11) is 1.87. The number of nitrogens with one attached hydrogen (secondary N) is 2. The molecule has 128 valence electrons. The Bertz CT molecular complexity index is 344. The van der Waals surface area contributed by atoms with Gasteiger partial charge in [-0.05, 0) is 52.2 Å². The van der Waals surface area contributed by atoms with Crippen molar-refractivity contribution in [2.24, 2.45) is 4.99 Å². The SMILES string of the molecule is CCN1CCCC1CNC(=NC)NCCN1CCCCC1C. The normalized spacial score (nSPS) is 28.0. The van der Waals surface area contributed by atoms with E-state index in [2.05, 4.69) is 39.3 Å². The van der Waals surface area contributed by atoms with Crippen LogP contribution in [0.1, 0.15) is 46.0 Å². The molecule has 2 heterocycles. The number of likely N-dealkylation sites (N-methyl/N-ethyl adjacent to an activating group) is 1. The predicted octanol–water partition coefficient (Wildman–Crippen LogP) is 1.51. The smallest absolute Gasteiger partial charge is 0.191 e. The van der Waals surface area contributed by atoms with E-state index in [1.165, 1.54) is 45.2 Å². The molecular weight excluding hydrogens is 274 g/mol. The van der Waals surface area contributed by atoms with Crippen LogP contribution >= 0.6 is 0 Å². The van der Waals surface area contributed by atoms with E-state index >= 15 is 0 Å². The van der Waals surface area contributed by atoms with Crippen LogP contribution in [0.25, 0.3) is 0 Å². The molecule has 0 radical (unpaired) electrons. The van der Waals surface area contributed by atoms with Gasteiger partial charge in [0.15, 0.2) is 5.96 Å². The van der Waals surface area contributed by atoms with Crippen molar-refractivity contribution in [3.63, 3.8) is 0 Å². The Labute approximate surface area is 136 Å². The van der Waals surface area contributed by atoms with E-state index in [-0.39, 0.29) is 0 Å². The molecular formula is C17H35N5. The van der Waals surface area contributed by atoms with Crippen LogP contribution in [-0.2, 0) is 0 Å². The van der Waals surface area contributed by atoms with E-state index < -0.39 is 0 Å². The van der Waals surface area contributed by atoms with Gasteiger partial charge in [0.05, 0.1) is 0 Å². The quantitative estimate of drug-likeness (QED) is 0.576. The van der Waals surface area contributed by atoms with Gasteiger partial charge in [0.2, 0.25) is 0 Å². The van der Waals surface area contributed by atoms with Crippen LogP contribution < -0.4 is 10.6 Å². The zero-order valence-corrected chi connectivity index (χ0v) is 14.8. The molecule has 5 heteroatoms. The molecule has 0 aromatic carbocycles. The Morgan fingerprint density at radius 2 is 1.91 bits per heavy atom. The van der Waals surface area contributed by atoms with Gasteiger partial charge in [0.25, 0.3) is 0 Å². The lowest BCUT2D eigenvalue weighted by molar-refractivity contribution is 0.163. The summed E-state index contributed by atoms with van der Waals surface area (Å²) in [6.07, 6.45) is 6.74. The highest BCUT2D eigenvalue weighted by Gasteiger charge is 2.22. The second-order valence-electron chi connectivity index (χ2n) is 6.69. The van der Waals surface area contributed by atoms with Crippen LogP contribution in [-0.4, -0.2) is 74.2 Å². The Balaban J connectivity index is 1.64. The molecule has 0 spiro atoms. The molecule has 2 aliphatic heterocycles. The first kappa shape index (κ1) is 17.5. The van der Waals surface area contributed by atoms with Gasteiger partial charge in [0, 0.05) is 38.8 Å². The molecule has 2 N–H and O–H groups in total. The summed E-state index contributed by atoms with van der Waals surface area (Å²) in [5.74, 6) is 0.951. The van der Waals surface area contributed by atoms with E-state index in [4.69, 9.17) is 0 Å². The lowest BCUT2D eigenvalue weighted by Crippen LogP contribution is -2.47. The molecule has 2 atom stereocenters. The monoisotopic (exact) mass is 309 g/mol. The van der Waals surface area contributed by atoms with Crippen molar-refractivity contribution in [2.45, 2.75) is 58.0 Å². The van der Waals surface area contributed by atoms with Gasteiger partial charge >= 0.3 is 0 Å². The Kier molecular flexibility index (Phi) is 7.46. The lowest BCUT2D eigenvalue weighted by Gasteiger charge is -2.33. The van der Waals surface area contributed by atoms with Crippen molar-refractivity contribution < 1.29 is 0 Å². The van der Waals surface area contributed by atoms with E-state index in [1.54, 1.807) is 0 Å². The zero-order chi connectivity index (χ0) is 15.8. The largest absolute Gasteiger partial charge is 0.355 e. The first-order chi connectivity index (χ1) is 10.7. The lowest BCUT2D eigenvalue weighted by atomic mass is 10.0. The summed E-state index contributed by atoms with van der Waals surface area (Å²) in [6, 6.07) is 1.41. The highest BCUT2D eigenvalue weighted by Crippen LogP contribution is 2.16. The van der Waals surface area contributed by atoms with Crippen molar-refractivity contribution in [1.29, 1.82) is 0 Å².